The van der Waals surface area contributed by atoms with Gasteiger partial charge >= 0.3 is 0 Å². The van der Waals surface area contributed by atoms with Crippen molar-refractivity contribution < 1.29 is 19.0 Å². The van der Waals surface area contributed by atoms with Crippen LogP contribution >= 0.6 is 0 Å². The Balaban J connectivity index is 1.95. The molecular weight excluding hydrogens is 370 g/mol. The van der Waals surface area contributed by atoms with Crippen LogP contribution in [0.3, 0.4) is 0 Å². The van der Waals surface area contributed by atoms with Gasteiger partial charge in [0.25, 0.3) is 5.91 Å². The molecular formula is C22H21N3O4. The number of pyridine rings is 1. The highest BCUT2D eigenvalue weighted by Gasteiger charge is 2.17. The van der Waals surface area contributed by atoms with E-state index in [-0.39, 0.29) is 0 Å². The lowest BCUT2D eigenvalue weighted by atomic mass is 10.1. The van der Waals surface area contributed by atoms with Gasteiger partial charge in [0, 0.05) is 17.3 Å². The summed E-state index contributed by atoms with van der Waals surface area (Å²) in [7, 11) is 4.49. The third-order valence-electron chi connectivity index (χ3n) is 4.15. The SMILES string of the molecule is COc1cc(C(=O)N/N=C(/c2ccccc2)c2ccccn2)cc(OC)c1OC. The maximum Gasteiger partial charge on any atom is 0.271 e. The molecule has 2 aromatic carbocycles. The fourth-order valence-electron chi connectivity index (χ4n) is 2.75. The molecule has 0 aliphatic rings. The number of nitrogens with zero attached hydrogens (tertiary/aromatic N) is 2. The lowest BCUT2D eigenvalue weighted by molar-refractivity contribution is 0.0954. The number of hydrogen-bond donors (Lipinski definition) is 1. The predicted molar refractivity (Wildman–Crippen MR) is 110 cm³/mol. The Morgan fingerprint density at radius 1 is 0.862 bits per heavy atom. The van der Waals surface area contributed by atoms with Crippen molar-refractivity contribution in [1.29, 1.82) is 0 Å². The van der Waals surface area contributed by atoms with E-state index < -0.39 is 5.91 Å². The number of rotatable bonds is 7. The molecule has 1 aromatic heterocycles. The summed E-state index contributed by atoms with van der Waals surface area (Å²) >= 11 is 0. The molecule has 0 fully saturated rings. The molecule has 1 N–H and O–H groups in total. The fraction of sp³-hybridized carbons (Fsp3) is 0.136. The summed E-state index contributed by atoms with van der Waals surface area (Å²) < 4.78 is 15.9. The summed E-state index contributed by atoms with van der Waals surface area (Å²) in [5.41, 5.74) is 4.93. The van der Waals surface area contributed by atoms with Crippen molar-refractivity contribution in [2.24, 2.45) is 5.10 Å². The number of hydrogen-bond acceptors (Lipinski definition) is 6. The summed E-state index contributed by atoms with van der Waals surface area (Å²) in [6.45, 7) is 0. The molecule has 0 atom stereocenters. The number of nitrogens with one attached hydrogen (secondary N) is 1. The van der Waals surface area contributed by atoms with Crippen LogP contribution in [0.15, 0.2) is 72.0 Å². The van der Waals surface area contributed by atoms with Crippen molar-refractivity contribution in [3.63, 3.8) is 0 Å². The summed E-state index contributed by atoms with van der Waals surface area (Å²) in [4.78, 5) is 17.1. The van der Waals surface area contributed by atoms with Crippen LogP contribution in [0.25, 0.3) is 0 Å². The van der Waals surface area contributed by atoms with E-state index in [4.69, 9.17) is 14.2 Å². The van der Waals surface area contributed by atoms with E-state index in [2.05, 4.69) is 15.5 Å². The van der Waals surface area contributed by atoms with Crippen LogP contribution in [-0.4, -0.2) is 37.9 Å². The average Bonchev–Trinajstić information content (AvgIpc) is 2.79. The van der Waals surface area contributed by atoms with Gasteiger partial charge in [-0.05, 0) is 24.3 Å². The minimum Gasteiger partial charge on any atom is -0.493 e. The fourth-order valence-corrected chi connectivity index (χ4v) is 2.75. The van der Waals surface area contributed by atoms with Crippen LogP contribution < -0.4 is 19.6 Å². The third-order valence-corrected chi connectivity index (χ3v) is 4.15. The number of carbonyl (C=O) groups excluding carboxylic acids is 1. The van der Waals surface area contributed by atoms with Crippen LogP contribution in [0.5, 0.6) is 17.2 Å². The van der Waals surface area contributed by atoms with Crippen molar-refractivity contribution in [3.8, 4) is 17.2 Å². The first-order chi connectivity index (χ1) is 14.2. The highest BCUT2D eigenvalue weighted by Crippen LogP contribution is 2.38. The number of hydrazone groups is 1. The van der Waals surface area contributed by atoms with Gasteiger partial charge in [0.2, 0.25) is 5.75 Å². The minimum atomic E-state index is -0.423. The third kappa shape index (κ3) is 4.52. The number of aromatic nitrogens is 1. The molecule has 0 bridgehead atoms. The van der Waals surface area contributed by atoms with E-state index in [1.54, 1.807) is 18.3 Å². The maximum atomic E-state index is 12.8. The molecule has 0 spiro atoms. The van der Waals surface area contributed by atoms with E-state index in [0.717, 1.165) is 5.56 Å². The smallest absolute Gasteiger partial charge is 0.271 e. The molecule has 0 unspecified atom stereocenters. The van der Waals surface area contributed by atoms with Crippen molar-refractivity contribution in [2.45, 2.75) is 0 Å². The van der Waals surface area contributed by atoms with Crippen molar-refractivity contribution >= 4 is 11.6 Å². The summed E-state index contributed by atoms with van der Waals surface area (Å²) in [5, 5.41) is 4.34. The Labute approximate surface area is 169 Å². The molecule has 1 heterocycles. The Hall–Kier alpha value is -3.87. The van der Waals surface area contributed by atoms with E-state index in [0.29, 0.717) is 34.2 Å². The van der Waals surface area contributed by atoms with Crippen molar-refractivity contribution in [1.82, 2.24) is 10.4 Å². The monoisotopic (exact) mass is 391 g/mol. The molecule has 0 saturated carbocycles. The maximum absolute atomic E-state index is 12.8. The van der Waals surface area contributed by atoms with Crippen LogP contribution in [0.2, 0.25) is 0 Å². The molecule has 0 aliphatic carbocycles. The van der Waals surface area contributed by atoms with Gasteiger partial charge in [0.1, 0.15) is 5.71 Å². The molecule has 7 nitrogen and oxygen atoms in total. The van der Waals surface area contributed by atoms with Gasteiger partial charge in [-0.1, -0.05) is 36.4 Å². The largest absolute Gasteiger partial charge is 0.493 e. The zero-order chi connectivity index (χ0) is 20.6. The summed E-state index contributed by atoms with van der Waals surface area (Å²) in [6, 6.07) is 18.2. The number of ether oxygens (including phenoxy) is 3. The van der Waals surface area contributed by atoms with Gasteiger partial charge in [-0.25, -0.2) is 5.43 Å². The van der Waals surface area contributed by atoms with Gasteiger partial charge in [-0.2, -0.15) is 5.10 Å². The van der Waals surface area contributed by atoms with Crippen LogP contribution in [0.1, 0.15) is 21.6 Å². The molecule has 1 amide bonds. The Bertz CT molecular complexity index is 939. The number of amides is 1. The highest BCUT2D eigenvalue weighted by molar-refractivity contribution is 6.12. The summed E-state index contributed by atoms with van der Waals surface area (Å²) in [5.74, 6) is 0.755. The molecule has 148 valence electrons. The standard InChI is InChI=1S/C22H21N3O4/c1-27-18-13-16(14-19(28-2)21(18)29-3)22(26)25-24-20(15-9-5-4-6-10-15)17-11-7-8-12-23-17/h4-14H,1-3H3,(H,25,26)/b24-20-. The van der Waals surface area contributed by atoms with E-state index in [1.165, 1.54) is 21.3 Å². The topological polar surface area (TPSA) is 82.0 Å². The summed E-state index contributed by atoms with van der Waals surface area (Å²) in [6.07, 6.45) is 1.68. The van der Waals surface area contributed by atoms with E-state index >= 15 is 0 Å². The predicted octanol–water partition coefficient (Wildman–Crippen LogP) is 3.29. The average molecular weight is 391 g/mol. The molecule has 0 saturated heterocycles. The van der Waals surface area contributed by atoms with Crippen LogP contribution in [0, 0.1) is 0 Å². The lowest BCUT2D eigenvalue weighted by Gasteiger charge is -2.13. The molecule has 3 aromatic rings. The van der Waals surface area contributed by atoms with Gasteiger partial charge < -0.3 is 14.2 Å². The van der Waals surface area contributed by atoms with Crippen molar-refractivity contribution in [3.05, 3.63) is 83.7 Å². The van der Waals surface area contributed by atoms with Gasteiger partial charge in [-0.3, -0.25) is 9.78 Å². The van der Waals surface area contributed by atoms with Crippen molar-refractivity contribution in [2.75, 3.05) is 21.3 Å². The first-order valence-electron chi connectivity index (χ1n) is 8.82. The van der Waals surface area contributed by atoms with Gasteiger partial charge in [0.15, 0.2) is 11.5 Å². The van der Waals surface area contributed by atoms with Gasteiger partial charge in [0.05, 0.1) is 27.0 Å². The zero-order valence-electron chi connectivity index (χ0n) is 16.4. The number of benzene rings is 2. The second kappa shape index (κ2) is 9.36. The zero-order valence-corrected chi connectivity index (χ0v) is 16.4. The van der Waals surface area contributed by atoms with Gasteiger partial charge in [-0.15, -0.1) is 0 Å². The van der Waals surface area contributed by atoms with Crippen LogP contribution in [-0.2, 0) is 0 Å². The lowest BCUT2D eigenvalue weighted by Crippen LogP contribution is -2.21. The minimum absolute atomic E-state index is 0.316. The Kier molecular flexibility index (Phi) is 6.42. The first-order valence-corrected chi connectivity index (χ1v) is 8.82. The normalized spacial score (nSPS) is 10.9. The Morgan fingerprint density at radius 3 is 2.07 bits per heavy atom. The van der Waals surface area contributed by atoms with E-state index in [9.17, 15) is 4.79 Å². The highest BCUT2D eigenvalue weighted by atomic mass is 16.5. The molecule has 0 aliphatic heterocycles. The van der Waals surface area contributed by atoms with Crippen LogP contribution in [0.4, 0.5) is 0 Å². The number of methoxy groups -OCH3 is 3. The molecule has 0 radical (unpaired) electrons. The first kappa shape index (κ1) is 19.9. The molecule has 7 heteroatoms. The second-order valence-electron chi connectivity index (χ2n) is 5.90. The van der Waals surface area contributed by atoms with E-state index in [1.807, 2.05) is 48.5 Å². The Morgan fingerprint density at radius 2 is 1.52 bits per heavy atom. The number of carbonyl (C=O) groups is 1. The molecule has 3 rings (SSSR count). The quantitative estimate of drug-likeness (QED) is 0.494. The molecule has 29 heavy (non-hydrogen) atoms. The second-order valence-corrected chi connectivity index (χ2v) is 5.90.